The lowest BCUT2D eigenvalue weighted by Gasteiger charge is -2.14. The van der Waals surface area contributed by atoms with Gasteiger partial charge in [-0.15, -0.1) is 0 Å². The second-order valence-electron chi connectivity index (χ2n) is 6.32. The van der Waals surface area contributed by atoms with Crippen molar-refractivity contribution in [2.45, 2.75) is 12.6 Å². The number of hydrogen-bond donors (Lipinski definition) is 1. The zero-order valence-corrected chi connectivity index (χ0v) is 14.4. The minimum Gasteiger partial charge on any atom is -0.382 e. The molecule has 4 rings (SSSR count). The van der Waals surface area contributed by atoms with E-state index in [1.165, 1.54) is 16.7 Å². The normalized spacial score (nSPS) is 12.0. The molecule has 0 spiro atoms. The summed E-state index contributed by atoms with van der Waals surface area (Å²) in [7, 11) is 0. The molecule has 3 heteroatoms. The highest BCUT2D eigenvalue weighted by atomic mass is 16.3. The quantitative estimate of drug-likeness (QED) is 0.573. The van der Waals surface area contributed by atoms with Gasteiger partial charge in [0.1, 0.15) is 6.10 Å². The van der Waals surface area contributed by atoms with Crippen LogP contribution in [0.3, 0.4) is 0 Å². The average molecular weight is 340 g/mol. The molecule has 0 aliphatic rings. The van der Waals surface area contributed by atoms with Crippen molar-refractivity contribution < 1.29 is 5.11 Å². The Balaban J connectivity index is 1.54. The van der Waals surface area contributed by atoms with Crippen molar-refractivity contribution in [1.82, 2.24) is 9.55 Å². The van der Waals surface area contributed by atoms with Crippen LogP contribution in [0.15, 0.2) is 97.5 Å². The molecule has 128 valence electrons. The van der Waals surface area contributed by atoms with Crippen molar-refractivity contribution in [2.24, 2.45) is 0 Å². The average Bonchev–Trinajstić information content (AvgIpc) is 3.17. The van der Waals surface area contributed by atoms with E-state index in [4.69, 9.17) is 0 Å². The Kier molecular flexibility index (Phi) is 4.63. The second-order valence-corrected chi connectivity index (χ2v) is 6.32. The third kappa shape index (κ3) is 3.44. The first-order valence-electron chi connectivity index (χ1n) is 8.68. The summed E-state index contributed by atoms with van der Waals surface area (Å²) in [5.41, 5.74) is 5.24. The largest absolute Gasteiger partial charge is 0.382 e. The maximum atomic E-state index is 10.7. The van der Waals surface area contributed by atoms with Crippen molar-refractivity contribution in [3.63, 3.8) is 0 Å². The number of nitrogens with zero attached hydrogens (tertiary/aromatic N) is 2. The van der Waals surface area contributed by atoms with Crippen LogP contribution in [0.1, 0.15) is 22.9 Å². The summed E-state index contributed by atoms with van der Waals surface area (Å²) < 4.78 is 2.00. The minimum atomic E-state index is -0.678. The van der Waals surface area contributed by atoms with E-state index in [2.05, 4.69) is 41.4 Å². The van der Waals surface area contributed by atoms with Crippen LogP contribution in [0.25, 0.3) is 11.1 Å². The molecule has 0 bridgehead atoms. The van der Waals surface area contributed by atoms with Crippen LogP contribution in [0.2, 0.25) is 0 Å². The van der Waals surface area contributed by atoms with Crippen molar-refractivity contribution in [3.05, 3.63) is 114 Å². The summed E-state index contributed by atoms with van der Waals surface area (Å²) >= 11 is 0. The summed E-state index contributed by atoms with van der Waals surface area (Å²) in [6.07, 6.45) is 2.82. The first-order chi connectivity index (χ1) is 12.8. The number of hydrogen-bond acceptors (Lipinski definition) is 2. The molecule has 0 aliphatic heterocycles. The predicted molar refractivity (Wildman–Crippen MR) is 104 cm³/mol. The van der Waals surface area contributed by atoms with Gasteiger partial charge in [0, 0.05) is 6.54 Å². The second kappa shape index (κ2) is 7.38. The lowest BCUT2D eigenvalue weighted by molar-refractivity contribution is 0.210. The van der Waals surface area contributed by atoms with Crippen LogP contribution in [-0.2, 0) is 6.54 Å². The van der Waals surface area contributed by atoms with Gasteiger partial charge in [0.2, 0.25) is 0 Å². The summed E-state index contributed by atoms with van der Waals surface area (Å²) in [6, 6.07) is 28.5. The lowest BCUT2D eigenvalue weighted by Crippen LogP contribution is -2.09. The number of aromatic nitrogens is 2. The first kappa shape index (κ1) is 16.3. The molecule has 1 heterocycles. The van der Waals surface area contributed by atoms with E-state index in [0.717, 1.165) is 11.3 Å². The van der Waals surface area contributed by atoms with Gasteiger partial charge in [-0.1, -0.05) is 84.9 Å². The number of rotatable bonds is 5. The number of aliphatic hydroxyl groups is 1. The van der Waals surface area contributed by atoms with E-state index in [1.54, 1.807) is 12.5 Å². The van der Waals surface area contributed by atoms with E-state index >= 15 is 0 Å². The van der Waals surface area contributed by atoms with Gasteiger partial charge in [0.05, 0.1) is 18.2 Å². The SMILES string of the molecule is OC(c1ccccc1)c1cncn1Cc1ccc(-c2ccccc2)cc1. The molecule has 3 aromatic carbocycles. The van der Waals surface area contributed by atoms with Crippen LogP contribution < -0.4 is 0 Å². The fourth-order valence-corrected chi connectivity index (χ4v) is 3.13. The fourth-order valence-electron chi connectivity index (χ4n) is 3.13. The van der Waals surface area contributed by atoms with Gasteiger partial charge in [-0.05, 0) is 22.3 Å². The standard InChI is InChI=1S/C23H20N2O/c26-23(21-9-5-2-6-10-21)22-15-24-17-25(22)16-18-11-13-20(14-12-18)19-7-3-1-4-8-19/h1-15,17,23,26H,16H2. The molecule has 0 saturated heterocycles. The highest BCUT2D eigenvalue weighted by Gasteiger charge is 2.15. The van der Waals surface area contributed by atoms with E-state index in [-0.39, 0.29) is 0 Å². The highest BCUT2D eigenvalue weighted by molar-refractivity contribution is 5.63. The molecule has 0 radical (unpaired) electrons. The molecule has 1 N–H and O–H groups in total. The van der Waals surface area contributed by atoms with Crippen molar-refractivity contribution in [1.29, 1.82) is 0 Å². The topological polar surface area (TPSA) is 38.1 Å². The lowest BCUT2D eigenvalue weighted by atomic mass is 10.0. The number of aliphatic hydroxyl groups excluding tert-OH is 1. The van der Waals surface area contributed by atoms with E-state index in [1.807, 2.05) is 53.1 Å². The van der Waals surface area contributed by atoms with Crippen molar-refractivity contribution in [2.75, 3.05) is 0 Å². The molecule has 0 fully saturated rings. The molecule has 4 aromatic rings. The smallest absolute Gasteiger partial charge is 0.121 e. The van der Waals surface area contributed by atoms with E-state index in [9.17, 15) is 5.11 Å². The number of benzene rings is 3. The van der Waals surface area contributed by atoms with Gasteiger partial charge in [0.25, 0.3) is 0 Å². The van der Waals surface area contributed by atoms with Crippen LogP contribution in [0.5, 0.6) is 0 Å². The maximum absolute atomic E-state index is 10.7. The predicted octanol–water partition coefficient (Wildman–Crippen LogP) is 4.68. The Morgan fingerprint density at radius 3 is 2.08 bits per heavy atom. The molecule has 0 amide bonds. The van der Waals surface area contributed by atoms with Gasteiger partial charge < -0.3 is 9.67 Å². The molecule has 26 heavy (non-hydrogen) atoms. The Bertz CT molecular complexity index is 960. The van der Waals surface area contributed by atoms with E-state index < -0.39 is 6.10 Å². The van der Waals surface area contributed by atoms with Gasteiger partial charge in [-0.25, -0.2) is 4.98 Å². The van der Waals surface area contributed by atoms with Crippen LogP contribution >= 0.6 is 0 Å². The third-order valence-electron chi connectivity index (χ3n) is 4.55. The minimum absolute atomic E-state index is 0.675. The van der Waals surface area contributed by atoms with E-state index in [0.29, 0.717) is 6.54 Å². The van der Waals surface area contributed by atoms with Gasteiger partial charge >= 0.3 is 0 Å². The molecular weight excluding hydrogens is 320 g/mol. The molecule has 3 nitrogen and oxygen atoms in total. The Morgan fingerprint density at radius 2 is 1.38 bits per heavy atom. The summed E-state index contributed by atoms with van der Waals surface area (Å²) in [4.78, 5) is 4.23. The Hall–Kier alpha value is -3.17. The maximum Gasteiger partial charge on any atom is 0.121 e. The molecule has 1 aromatic heterocycles. The van der Waals surface area contributed by atoms with Crippen molar-refractivity contribution >= 4 is 0 Å². The molecule has 0 aliphatic carbocycles. The van der Waals surface area contributed by atoms with Gasteiger partial charge in [0.15, 0.2) is 0 Å². The Labute approximate surface area is 153 Å². The molecular formula is C23H20N2O. The monoisotopic (exact) mass is 340 g/mol. The van der Waals surface area contributed by atoms with Crippen molar-refractivity contribution in [3.8, 4) is 11.1 Å². The zero-order chi connectivity index (χ0) is 17.8. The molecule has 1 atom stereocenters. The van der Waals surface area contributed by atoms with Crippen LogP contribution in [-0.4, -0.2) is 14.7 Å². The zero-order valence-electron chi connectivity index (χ0n) is 14.4. The van der Waals surface area contributed by atoms with Gasteiger partial charge in [-0.3, -0.25) is 0 Å². The Morgan fingerprint density at radius 1 is 0.769 bits per heavy atom. The molecule has 1 unspecified atom stereocenters. The first-order valence-corrected chi connectivity index (χ1v) is 8.68. The summed E-state index contributed by atoms with van der Waals surface area (Å²) in [6.45, 7) is 0.675. The molecule has 0 saturated carbocycles. The van der Waals surface area contributed by atoms with Gasteiger partial charge in [-0.2, -0.15) is 0 Å². The number of imidazole rings is 1. The highest BCUT2D eigenvalue weighted by Crippen LogP contribution is 2.23. The summed E-state index contributed by atoms with van der Waals surface area (Å²) in [5.74, 6) is 0. The van der Waals surface area contributed by atoms with Crippen LogP contribution in [0, 0.1) is 0 Å². The third-order valence-corrected chi connectivity index (χ3v) is 4.55. The fraction of sp³-hybridized carbons (Fsp3) is 0.0870. The summed E-state index contributed by atoms with van der Waals surface area (Å²) in [5, 5.41) is 10.7. The van der Waals surface area contributed by atoms with Crippen LogP contribution in [0.4, 0.5) is 0 Å².